The van der Waals surface area contributed by atoms with Crippen LogP contribution in [0.1, 0.15) is 11.3 Å². The van der Waals surface area contributed by atoms with Crippen molar-refractivity contribution in [2.24, 2.45) is 0 Å². The van der Waals surface area contributed by atoms with Crippen molar-refractivity contribution in [1.29, 1.82) is 0 Å². The standard InChI is InChI=1S/C13H14BrN3O/c1-9-11(14)4-5-12(17-9)15-7-10-3-6-13(18-2)16-8-10/h3-6,8H,7H2,1-2H3,(H,15,17). The Balaban J connectivity index is 1.99. The van der Waals surface area contributed by atoms with Crippen LogP contribution in [0.5, 0.6) is 5.88 Å². The Bertz CT molecular complexity index is 528. The van der Waals surface area contributed by atoms with Crippen LogP contribution in [-0.4, -0.2) is 17.1 Å². The zero-order chi connectivity index (χ0) is 13.0. The van der Waals surface area contributed by atoms with Gasteiger partial charge in [-0.05, 0) is 40.5 Å². The first-order valence-corrected chi connectivity index (χ1v) is 6.34. The van der Waals surface area contributed by atoms with Crippen molar-refractivity contribution in [3.05, 3.63) is 46.2 Å². The molecule has 94 valence electrons. The Labute approximate surface area is 115 Å². The molecule has 0 unspecified atom stereocenters. The van der Waals surface area contributed by atoms with Crippen molar-refractivity contribution in [1.82, 2.24) is 9.97 Å². The second-order valence-corrected chi connectivity index (χ2v) is 4.68. The average molecular weight is 308 g/mol. The predicted molar refractivity (Wildman–Crippen MR) is 74.8 cm³/mol. The molecular weight excluding hydrogens is 294 g/mol. The molecule has 0 aliphatic carbocycles. The van der Waals surface area contributed by atoms with Gasteiger partial charge in [0.25, 0.3) is 0 Å². The molecule has 0 saturated carbocycles. The lowest BCUT2D eigenvalue weighted by molar-refractivity contribution is 0.397. The first kappa shape index (κ1) is 12.8. The fraction of sp³-hybridized carbons (Fsp3) is 0.231. The van der Waals surface area contributed by atoms with Crippen LogP contribution in [0.15, 0.2) is 34.9 Å². The normalized spacial score (nSPS) is 10.2. The number of halogens is 1. The second-order valence-electron chi connectivity index (χ2n) is 3.83. The lowest BCUT2D eigenvalue weighted by Crippen LogP contribution is -2.02. The third-order valence-electron chi connectivity index (χ3n) is 2.50. The molecule has 0 radical (unpaired) electrons. The molecular formula is C13H14BrN3O. The Hall–Kier alpha value is -1.62. The highest BCUT2D eigenvalue weighted by Gasteiger charge is 2.00. The molecule has 2 aromatic rings. The number of nitrogens with zero attached hydrogens (tertiary/aromatic N) is 2. The summed E-state index contributed by atoms with van der Waals surface area (Å²) in [6.45, 7) is 2.65. The number of hydrogen-bond donors (Lipinski definition) is 1. The number of hydrogen-bond acceptors (Lipinski definition) is 4. The van der Waals surface area contributed by atoms with Gasteiger partial charge in [-0.1, -0.05) is 6.07 Å². The molecule has 2 rings (SSSR count). The van der Waals surface area contributed by atoms with Crippen LogP contribution in [0.2, 0.25) is 0 Å². The summed E-state index contributed by atoms with van der Waals surface area (Å²) in [5, 5.41) is 3.25. The van der Waals surface area contributed by atoms with Gasteiger partial charge in [0.2, 0.25) is 5.88 Å². The largest absolute Gasteiger partial charge is 0.481 e. The van der Waals surface area contributed by atoms with Crippen LogP contribution in [0.4, 0.5) is 5.82 Å². The molecule has 0 spiro atoms. The molecule has 1 N–H and O–H groups in total. The van der Waals surface area contributed by atoms with Gasteiger partial charge in [0, 0.05) is 23.3 Å². The summed E-state index contributed by atoms with van der Waals surface area (Å²) in [6, 6.07) is 7.74. The summed E-state index contributed by atoms with van der Waals surface area (Å²) < 4.78 is 6.02. The van der Waals surface area contributed by atoms with E-state index < -0.39 is 0 Å². The Morgan fingerprint density at radius 3 is 2.72 bits per heavy atom. The Morgan fingerprint density at radius 1 is 1.28 bits per heavy atom. The monoisotopic (exact) mass is 307 g/mol. The van der Waals surface area contributed by atoms with E-state index in [1.54, 1.807) is 13.3 Å². The number of ether oxygens (including phenoxy) is 1. The molecule has 2 aromatic heterocycles. The van der Waals surface area contributed by atoms with Gasteiger partial charge >= 0.3 is 0 Å². The number of methoxy groups -OCH3 is 1. The van der Waals surface area contributed by atoms with E-state index >= 15 is 0 Å². The zero-order valence-corrected chi connectivity index (χ0v) is 11.9. The molecule has 0 bridgehead atoms. The van der Waals surface area contributed by atoms with E-state index in [1.807, 2.05) is 31.2 Å². The minimum atomic E-state index is 0.622. The Kier molecular flexibility index (Phi) is 4.15. The lowest BCUT2D eigenvalue weighted by atomic mass is 10.3. The molecule has 4 nitrogen and oxygen atoms in total. The summed E-state index contributed by atoms with van der Waals surface area (Å²) in [5.74, 6) is 1.47. The number of rotatable bonds is 4. The first-order chi connectivity index (χ1) is 8.69. The van der Waals surface area contributed by atoms with E-state index in [0.29, 0.717) is 12.4 Å². The number of anilines is 1. The van der Waals surface area contributed by atoms with E-state index in [0.717, 1.165) is 21.5 Å². The van der Waals surface area contributed by atoms with E-state index in [2.05, 4.69) is 31.2 Å². The van der Waals surface area contributed by atoms with Gasteiger partial charge in [-0.25, -0.2) is 9.97 Å². The minimum Gasteiger partial charge on any atom is -0.481 e. The molecule has 18 heavy (non-hydrogen) atoms. The van der Waals surface area contributed by atoms with Crippen LogP contribution >= 0.6 is 15.9 Å². The van der Waals surface area contributed by atoms with Gasteiger partial charge in [-0.2, -0.15) is 0 Å². The number of aromatic nitrogens is 2. The van der Waals surface area contributed by atoms with E-state index in [9.17, 15) is 0 Å². The summed E-state index contributed by atoms with van der Waals surface area (Å²) in [5.41, 5.74) is 2.05. The maximum Gasteiger partial charge on any atom is 0.212 e. The van der Waals surface area contributed by atoms with Crippen molar-refractivity contribution in [2.45, 2.75) is 13.5 Å². The highest BCUT2D eigenvalue weighted by atomic mass is 79.9. The fourth-order valence-electron chi connectivity index (χ4n) is 1.47. The van der Waals surface area contributed by atoms with E-state index in [4.69, 9.17) is 4.74 Å². The summed E-state index contributed by atoms with van der Waals surface area (Å²) in [7, 11) is 1.61. The van der Waals surface area contributed by atoms with Crippen LogP contribution in [0.25, 0.3) is 0 Å². The van der Waals surface area contributed by atoms with Crippen molar-refractivity contribution >= 4 is 21.7 Å². The van der Waals surface area contributed by atoms with Crippen LogP contribution < -0.4 is 10.1 Å². The van der Waals surface area contributed by atoms with Gasteiger partial charge in [-0.3, -0.25) is 0 Å². The van der Waals surface area contributed by atoms with E-state index in [1.165, 1.54) is 0 Å². The van der Waals surface area contributed by atoms with Crippen LogP contribution in [-0.2, 0) is 6.54 Å². The van der Waals surface area contributed by atoms with Crippen LogP contribution in [0, 0.1) is 6.92 Å². The highest BCUT2D eigenvalue weighted by Crippen LogP contribution is 2.16. The van der Waals surface area contributed by atoms with Gasteiger partial charge in [0.1, 0.15) is 5.82 Å². The minimum absolute atomic E-state index is 0.622. The van der Waals surface area contributed by atoms with Gasteiger partial charge < -0.3 is 10.1 Å². The summed E-state index contributed by atoms with van der Waals surface area (Å²) in [4.78, 5) is 8.57. The summed E-state index contributed by atoms with van der Waals surface area (Å²) in [6.07, 6.45) is 1.79. The summed E-state index contributed by atoms with van der Waals surface area (Å²) >= 11 is 3.43. The van der Waals surface area contributed by atoms with Crippen molar-refractivity contribution in [3.8, 4) is 5.88 Å². The first-order valence-electron chi connectivity index (χ1n) is 5.55. The van der Waals surface area contributed by atoms with Crippen molar-refractivity contribution in [3.63, 3.8) is 0 Å². The maximum absolute atomic E-state index is 5.01. The number of pyridine rings is 2. The van der Waals surface area contributed by atoms with Gasteiger partial charge in [-0.15, -0.1) is 0 Å². The number of nitrogens with one attached hydrogen (secondary N) is 1. The average Bonchev–Trinajstić information content (AvgIpc) is 2.41. The molecule has 0 aromatic carbocycles. The third-order valence-corrected chi connectivity index (χ3v) is 3.34. The third kappa shape index (κ3) is 3.20. The van der Waals surface area contributed by atoms with E-state index in [-0.39, 0.29) is 0 Å². The van der Waals surface area contributed by atoms with Gasteiger partial charge in [0.05, 0.1) is 12.8 Å². The topological polar surface area (TPSA) is 47.0 Å². The maximum atomic E-state index is 5.01. The fourth-order valence-corrected chi connectivity index (χ4v) is 1.69. The predicted octanol–water partition coefficient (Wildman–Crippen LogP) is 3.17. The van der Waals surface area contributed by atoms with Crippen LogP contribution in [0.3, 0.4) is 0 Å². The highest BCUT2D eigenvalue weighted by molar-refractivity contribution is 9.10. The molecule has 0 aliphatic heterocycles. The van der Waals surface area contributed by atoms with Crippen molar-refractivity contribution in [2.75, 3.05) is 12.4 Å². The molecule has 0 amide bonds. The molecule has 0 aliphatic rings. The molecule has 5 heteroatoms. The molecule has 2 heterocycles. The SMILES string of the molecule is COc1ccc(CNc2ccc(Br)c(C)n2)cn1. The molecule has 0 saturated heterocycles. The number of aryl methyl sites for hydroxylation is 1. The zero-order valence-electron chi connectivity index (χ0n) is 10.3. The molecule has 0 fully saturated rings. The van der Waals surface area contributed by atoms with Gasteiger partial charge in [0.15, 0.2) is 0 Å². The quantitative estimate of drug-likeness (QED) is 0.942. The smallest absolute Gasteiger partial charge is 0.212 e. The molecule has 0 atom stereocenters. The second kappa shape index (κ2) is 5.82. The van der Waals surface area contributed by atoms with Crippen molar-refractivity contribution < 1.29 is 4.74 Å². The lowest BCUT2D eigenvalue weighted by Gasteiger charge is -2.07. The Morgan fingerprint density at radius 2 is 2.11 bits per heavy atom.